The molecule has 1 aliphatic carbocycles. The average Bonchev–Trinajstić information content (AvgIpc) is 2.85. The van der Waals surface area contributed by atoms with Crippen LogP contribution in [-0.4, -0.2) is 26.2 Å². The highest BCUT2D eigenvalue weighted by Crippen LogP contribution is 2.29. The number of carbonyl (C=O) groups excluding carboxylic acids is 1. The minimum absolute atomic E-state index is 0.109. The second-order valence-electron chi connectivity index (χ2n) is 8.14. The highest BCUT2D eigenvalue weighted by Gasteiger charge is 2.21. The molecule has 2 heterocycles. The number of nitrogens with one attached hydrogen (secondary N) is 1. The third-order valence-electron chi connectivity index (χ3n) is 5.92. The van der Waals surface area contributed by atoms with E-state index in [1.807, 2.05) is 54.6 Å². The van der Waals surface area contributed by atoms with Crippen molar-refractivity contribution in [2.45, 2.75) is 37.3 Å². The average molecular weight is 457 g/mol. The fourth-order valence-corrected chi connectivity index (χ4v) is 5.24. The molecule has 0 atom stereocenters. The standard InChI is InChI=1S/C26H24N4O2S/c31-24(28-22-12-5-9-19-8-1-2-10-20(19)22)17-33-25-21-11-3-4-13-23(21)30(26(32)29-25)16-18-7-6-14-27-15-18/h1-2,5-10,12,14-15H,3-4,11,13,16-17H2,(H,28,31). The van der Waals surface area contributed by atoms with E-state index in [4.69, 9.17) is 0 Å². The molecule has 7 heteroatoms. The number of hydrogen-bond acceptors (Lipinski definition) is 5. The molecule has 2 aromatic carbocycles. The van der Waals surface area contributed by atoms with Crippen LogP contribution < -0.4 is 11.0 Å². The smallest absolute Gasteiger partial charge is 0.325 e. The first-order valence-electron chi connectivity index (χ1n) is 11.1. The largest absolute Gasteiger partial charge is 0.349 e. The Balaban J connectivity index is 1.36. The van der Waals surface area contributed by atoms with Gasteiger partial charge >= 0.3 is 5.69 Å². The number of carbonyl (C=O) groups is 1. The molecule has 0 radical (unpaired) electrons. The van der Waals surface area contributed by atoms with Gasteiger partial charge in [-0.15, -0.1) is 0 Å². The van der Waals surface area contributed by atoms with E-state index in [-0.39, 0.29) is 17.3 Å². The first kappa shape index (κ1) is 21.4. The van der Waals surface area contributed by atoms with E-state index >= 15 is 0 Å². The molecular formula is C26H24N4O2S. The molecule has 0 bridgehead atoms. The van der Waals surface area contributed by atoms with Gasteiger partial charge in [-0.05, 0) is 48.8 Å². The minimum Gasteiger partial charge on any atom is -0.325 e. The Bertz CT molecular complexity index is 1360. The van der Waals surface area contributed by atoms with E-state index in [2.05, 4.69) is 15.3 Å². The zero-order valence-electron chi connectivity index (χ0n) is 18.2. The van der Waals surface area contributed by atoms with E-state index in [1.165, 1.54) is 11.8 Å². The fraction of sp³-hybridized carbons (Fsp3) is 0.231. The summed E-state index contributed by atoms with van der Waals surface area (Å²) < 4.78 is 1.77. The molecule has 0 fully saturated rings. The molecule has 33 heavy (non-hydrogen) atoms. The molecule has 0 saturated carbocycles. The Kier molecular flexibility index (Phi) is 6.21. The van der Waals surface area contributed by atoms with Gasteiger partial charge in [0.1, 0.15) is 5.03 Å². The van der Waals surface area contributed by atoms with Gasteiger partial charge in [0.25, 0.3) is 0 Å². The molecule has 0 aliphatic heterocycles. The lowest BCUT2D eigenvalue weighted by Crippen LogP contribution is -2.30. The topological polar surface area (TPSA) is 76.9 Å². The second-order valence-corrected chi connectivity index (χ2v) is 9.11. The maximum Gasteiger partial charge on any atom is 0.349 e. The predicted molar refractivity (Wildman–Crippen MR) is 132 cm³/mol. The van der Waals surface area contributed by atoms with Crippen LogP contribution in [-0.2, 0) is 24.2 Å². The molecule has 1 aliphatic rings. The first-order valence-corrected chi connectivity index (χ1v) is 12.1. The minimum atomic E-state index is -0.267. The van der Waals surface area contributed by atoms with Gasteiger partial charge in [-0.2, -0.15) is 4.98 Å². The molecule has 4 aromatic rings. The third-order valence-corrected chi connectivity index (χ3v) is 6.94. The number of pyridine rings is 1. The van der Waals surface area contributed by atoms with Crippen molar-refractivity contribution in [3.05, 3.63) is 94.3 Å². The van der Waals surface area contributed by atoms with Gasteiger partial charge in [-0.1, -0.05) is 54.2 Å². The molecule has 6 nitrogen and oxygen atoms in total. The molecule has 0 spiro atoms. The summed E-state index contributed by atoms with van der Waals surface area (Å²) in [5.74, 6) is 0.0941. The molecule has 1 N–H and O–H groups in total. The highest BCUT2D eigenvalue weighted by atomic mass is 32.2. The molecular weight excluding hydrogens is 432 g/mol. The van der Waals surface area contributed by atoms with Gasteiger partial charge in [0.05, 0.1) is 12.3 Å². The SMILES string of the molecule is O=C(CSc1nc(=O)n(Cc2cccnc2)c2c1CCCC2)Nc1cccc2ccccc12. The Morgan fingerprint density at radius 3 is 2.76 bits per heavy atom. The number of nitrogens with zero attached hydrogens (tertiary/aromatic N) is 3. The Morgan fingerprint density at radius 1 is 1.03 bits per heavy atom. The van der Waals surface area contributed by atoms with E-state index < -0.39 is 0 Å². The van der Waals surface area contributed by atoms with E-state index in [9.17, 15) is 9.59 Å². The van der Waals surface area contributed by atoms with E-state index in [1.54, 1.807) is 17.0 Å². The molecule has 0 saturated heterocycles. The van der Waals surface area contributed by atoms with Gasteiger partial charge in [-0.3, -0.25) is 14.3 Å². The first-order chi connectivity index (χ1) is 16.2. The van der Waals surface area contributed by atoms with Crippen LogP contribution >= 0.6 is 11.8 Å². The van der Waals surface area contributed by atoms with Crippen molar-refractivity contribution in [3.8, 4) is 0 Å². The van der Waals surface area contributed by atoms with Crippen molar-refractivity contribution in [3.63, 3.8) is 0 Å². The normalized spacial score (nSPS) is 13.0. The van der Waals surface area contributed by atoms with E-state index in [0.717, 1.165) is 59.0 Å². The summed E-state index contributed by atoms with van der Waals surface area (Å²) in [7, 11) is 0. The number of rotatable bonds is 6. The second kappa shape index (κ2) is 9.58. The molecule has 0 unspecified atom stereocenters. The van der Waals surface area contributed by atoms with Crippen LogP contribution in [0.25, 0.3) is 10.8 Å². The summed E-state index contributed by atoms with van der Waals surface area (Å²) in [6, 6.07) is 17.7. The van der Waals surface area contributed by atoms with Crippen molar-refractivity contribution < 1.29 is 4.79 Å². The zero-order chi connectivity index (χ0) is 22.6. The highest BCUT2D eigenvalue weighted by molar-refractivity contribution is 8.00. The number of thioether (sulfide) groups is 1. The number of amides is 1. The number of fused-ring (bicyclic) bond motifs is 2. The Hall–Kier alpha value is -3.45. The van der Waals surface area contributed by atoms with Crippen LogP contribution in [0, 0.1) is 0 Å². The van der Waals surface area contributed by atoms with Crippen LogP contribution in [0.5, 0.6) is 0 Å². The molecule has 1 amide bonds. The monoisotopic (exact) mass is 456 g/mol. The van der Waals surface area contributed by atoms with Crippen LogP contribution in [0.15, 0.2) is 76.8 Å². The summed E-state index contributed by atoms with van der Waals surface area (Å²) in [6.45, 7) is 0.467. The number of aromatic nitrogens is 3. The summed E-state index contributed by atoms with van der Waals surface area (Å²) in [6.07, 6.45) is 7.35. The van der Waals surface area contributed by atoms with Crippen LogP contribution in [0.1, 0.15) is 29.7 Å². The predicted octanol–water partition coefficient (Wildman–Crippen LogP) is 4.45. The molecule has 166 valence electrons. The zero-order valence-corrected chi connectivity index (χ0v) is 19.0. The lowest BCUT2D eigenvalue weighted by atomic mass is 9.97. The Morgan fingerprint density at radius 2 is 1.88 bits per heavy atom. The summed E-state index contributed by atoms with van der Waals surface area (Å²) in [5.41, 5.74) is 3.65. The fourth-order valence-electron chi connectivity index (χ4n) is 4.36. The third kappa shape index (κ3) is 4.68. The Labute approximate surface area is 196 Å². The molecule has 2 aromatic heterocycles. The summed E-state index contributed by atoms with van der Waals surface area (Å²) in [5, 5.41) is 5.79. The van der Waals surface area contributed by atoms with E-state index in [0.29, 0.717) is 11.6 Å². The summed E-state index contributed by atoms with van der Waals surface area (Å²) in [4.78, 5) is 34.2. The lowest BCUT2D eigenvalue weighted by Gasteiger charge is -2.22. The van der Waals surface area contributed by atoms with Gasteiger partial charge < -0.3 is 5.32 Å². The van der Waals surface area contributed by atoms with Crippen LogP contribution in [0.3, 0.4) is 0 Å². The van der Waals surface area contributed by atoms with Gasteiger partial charge in [-0.25, -0.2) is 4.79 Å². The summed E-state index contributed by atoms with van der Waals surface area (Å²) >= 11 is 1.35. The van der Waals surface area contributed by atoms with Gasteiger partial charge in [0, 0.05) is 34.7 Å². The number of benzene rings is 2. The number of hydrogen-bond donors (Lipinski definition) is 1. The quantitative estimate of drug-likeness (QED) is 0.343. The maximum atomic E-state index is 12.9. The van der Waals surface area contributed by atoms with Crippen LogP contribution in [0.2, 0.25) is 0 Å². The maximum absolute atomic E-state index is 12.9. The van der Waals surface area contributed by atoms with Crippen molar-refractivity contribution in [1.29, 1.82) is 0 Å². The lowest BCUT2D eigenvalue weighted by molar-refractivity contribution is -0.113. The van der Waals surface area contributed by atoms with Crippen molar-refractivity contribution in [1.82, 2.24) is 14.5 Å². The van der Waals surface area contributed by atoms with Crippen molar-refractivity contribution >= 4 is 34.1 Å². The van der Waals surface area contributed by atoms with Gasteiger partial charge in [0.2, 0.25) is 5.91 Å². The van der Waals surface area contributed by atoms with Gasteiger partial charge in [0.15, 0.2) is 0 Å². The molecule has 5 rings (SSSR count). The van der Waals surface area contributed by atoms with Crippen LogP contribution in [0.4, 0.5) is 5.69 Å². The van der Waals surface area contributed by atoms with Crippen molar-refractivity contribution in [2.75, 3.05) is 11.1 Å². The van der Waals surface area contributed by atoms with Crippen molar-refractivity contribution in [2.24, 2.45) is 0 Å². The number of anilines is 1.